The Bertz CT molecular complexity index is 1130. The molecule has 1 amide bonds. The van der Waals surface area contributed by atoms with E-state index in [2.05, 4.69) is 4.98 Å². The van der Waals surface area contributed by atoms with E-state index in [4.69, 9.17) is 27.9 Å². The number of nitrogens with zero attached hydrogens (tertiary/aromatic N) is 2. The zero-order valence-electron chi connectivity index (χ0n) is 15.2. The Morgan fingerprint density at radius 3 is 2.45 bits per heavy atom. The Labute approximate surface area is 182 Å². The van der Waals surface area contributed by atoms with Crippen molar-refractivity contribution in [1.29, 1.82) is 0 Å². The van der Waals surface area contributed by atoms with Gasteiger partial charge in [0.05, 0.1) is 16.3 Å². The molecule has 146 valence electrons. The molecule has 0 aliphatic heterocycles. The molecule has 0 bridgehead atoms. The summed E-state index contributed by atoms with van der Waals surface area (Å²) in [5.41, 5.74) is 1.69. The number of halogens is 2. The van der Waals surface area contributed by atoms with Gasteiger partial charge in [-0.05, 0) is 42.0 Å². The van der Waals surface area contributed by atoms with Crippen LogP contribution in [0, 0.1) is 0 Å². The fourth-order valence-electron chi connectivity index (χ4n) is 2.80. The lowest BCUT2D eigenvalue weighted by molar-refractivity contribution is -0.120. The second kappa shape index (κ2) is 8.82. The molecule has 0 saturated heterocycles. The highest BCUT2D eigenvalue weighted by Gasteiger charge is 2.21. The van der Waals surface area contributed by atoms with Crippen LogP contribution < -0.4 is 9.64 Å². The van der Waals surface area contributed by atoms with Crippen LogP contribution in [0.3, 0.4) is 0 Å². The van der Waals surface area contributed by atoms with E-state index >= 15 is 0 Å². The van der Waals surface area contributed by atoms with Crippen LogP contribution in [0.15, 0.2) is 72.8 Å². The van der Waals surface area contributed by atoms with Crippen LogP contribution in [-0.2, 0) is 11.3 Å². The monoisotopic (exact) mass is 442 g/mol. The van der Waals surface area contributed by atoms with Gasteiger partial charge in [-0.15, -0.1) is 0 Å². The minimum absolute atomic E-state index is 0.113. The van der Waals surface area contributed by atoms with Gasteiger partial charge in [0, 0.05) is 5.02 Å². The van der Waals surface area contributed by atoms with Crippen LogP contribution in [0.4, 0.5) is 5.13 Å². The first-order valence-corrected chi connectivity index (χ1v) is 10.4. The Morgan fingerprint density at radius 2 is 1.72 bits per heavy atom. The predicted molar refractivity (Wildman–Crippen MR) is 119 cm³/mol. The van der Waals surface area contributed by atoms with Crippen molar-refractivity contribution in [3.8, 4) is 5.75 Å². The van der Waals surface area contributed by atoms with Gasteiger partial charge in [-0.25, -0.2) is 4.98 Å². The van der Waals surface area contributed by atoms with E-state index in [9.17, 15) is 4.79 Å². The van der Waals surface area contributed by atoms with Gasteiger partial charge >= 0.3 is 0 Å². The highest BCUT2D eigenvalue weighted by Crippen LogP contribution is 2.33. The van der Waals surface area contributed by atoms with Gasteiger partial charge in [-0.2, -0.15) is 0 Å². The maximum atomic E-state index is 13.1. The maximum absolute atomic E-state index is 13.1. The molecule has 0 unspecified atom stereocenters. The summed E-state index contributed by atoms with van der Waals surface area (Å²) in [6, 6.07) is 22.3. The molecular weight excluding hydrogens is 427 g/mol. The first-order valence-electron chi connectivity index (χ1n) is 8.88. The summed E-state index contributed by atoms with van der Waals surface area (Å²) in [5, 5.41) is 1.76. The second-order valence-electron chi connectivity index (χ2n) is 6.29. The van der Waals surface area contributed by atoms with Gasteiger partial charge in [0.2, 0.25) is 0 Å². The largest absolute Gasteiger partial charge is 0.484 e. The fourth-order valence-corrected chi connectivity index (χ4v) is 4.21. The number of hydrogen-bond acceptors (Lipinski definition) is 4. The van der Waals surface area contributed by atoms with Crippen LogP contribution in [0.5, 0.6) is 5.75 Å². The topological polar surface area (TPSA) is 42.4 Å². The zero-order chi connectivity index (χ0) is 20.2. The minimum atomic E-state index is -0.195. The molecule has 1 aromatic heterocycles. The standard InChI is InChI=1S/C22H16Cl2N2O2S/c23-16-9-11-17(12-10-16)28-14-20(27)26(13-15-5-2-1-3-6-15)22-25-21-18(24)7-4-8-19(21)29-22/h1-12H,13-14H2. The van der Waals surface area contributed by atoms with Crippen molar-refractivity contribution in [2.75, 3.05) is 11.5 Å². The number of benzene rings is 3. The number of amides is 1. The molecule has 0 N–H and O–H groups in total. The van der Waals surface area contributed by atoms with E-state index < -0.39 is 0 Å². The number of thiazole rings is 1. The van der Waals surface area contributed by atoms with Gasteiger partial charge in [-0.3, -0.25) is 9.69 Å². The van der Waals surface area contributed by atoms with Crippen molar-refractivity contribution in [2.24, 2.45) is 0 Å². The lowest BCUT2D eigenvalue weighted by atomic mass is 10.2. The SMILES string of the molecule is O=C(COc1ccc(Cl)cc1)N(Cc1ccccc1)c1nc2c(Cl)cccc2s1. The lowest BCUT2D eigenvalue weighted by Crippen LogP contribution is -2.34. The molecule has 1 heterocycles. The third-order valence-electron chi connectivity index (χ3n) is 4.25. The molecule has 0 aliphatic rings. The summed E-state index contributed by atoms with van der Waals surface area (Å²) in [6.45, 7) is 0.277. The number of anilines is 1. The molecule has 0 radical (unpaired) electrons. The van der Waals surface area contributed by atoms with Crippen LogP contribution in [0.25, 0.3) is 10.2 Å². The number of carbonyl (C=O) groups is 1. The normalized spacial score (nSPS) is 10.8. The Morgan fingerprint density at radius 1 is 0.966 bits per heavy atom. The number of rotatable bonds is 6. The van der Waals surface area contributed by atoms with Crippen molar-refractivity contribution in [2.45, 2.75) is 6.54 Å². The van der Waals surface area contributed by atoms with Crippen molar-refractivity contribution >= 4 is 55.8 Å². The summed E-state index contributed by atoms with van der Waals surface area (Å²) >= 11 is 13.6. The third-order valence-corrected chi connectivity index (χ3v) is 5.85. The molecule has 4 aromatic rings. The molecule has 3 aromatic carbocycles. The molecule has 29 heavy (non-hydrogen) atoms. The first kappa shape index (κ1) is 19.7. The van der Waals surface area contributed by atoms with E-state index in [1.807, 2.05) is 42.5 Å². The molecule has 7 heteroatoms. The molecule has 0 atom stereocenters. The van der Waals surface area contributed by atoms with Crippen LogP contribution in [-0.4, -0.2) is 17.5 Å². The van der Waals surface area contributed by atoms with Crippen molar-refractivity contribution in [1.82, 2.24) is 4.98 Å². The van der Waals surface area contributed by atoms with Gasteiger partial charge in [0.15, 0.2) is 11.7 Å². The van der Waals surface area contributed by atoms with Crippen molar-refractivity contribution in [3.63, 3.8) is 0 Å². The van der Waals surface area contributed by atoms with Gasteiger partial charge < -0.3 is 4.74 Å². The van der Waals surface area contributed by atoms with Crippen molar-refractivity contribution in [3.05, 3.63) is 88.4 Å². The summed E-state index contributed by atoms with van der Waals surface area (Å²) in [4.78, 5) is 19.3. The molecule has 4 rings (SSSR count). The molecule has 0 fully saturated rings. The first-order chi connectivity index (χ1) is 14.1. The van der Waals surface area contributed by atoms with E-state index in [1.54, 1.807) is 35.2 Å². The van der Waals surface area contributed by atoms with E-state index in [-0.39, 0.29) is 12.5 Å². The summed E-state index contributed by atoms with van der Waals surface area (Å²) in [5.74, 6) is 0.383. The van der Waals surface area contributed by atoms with E-state index in [1.165, 1.54) is 11.3 Å². The Kier molecular flexibility index (Phi) is 6.00. The predicted octanol–water partition coefficient (Wildman–Crippen LogP) is 6.22. The van der Waals surface area contributed by atoms with Crippen molar-refractivity contribution < 1.29 is 9.53 Å². The summed E-state index contributed by atoms with van der Waals surface area (Å²) in [7, 11) is 0. The zero-order valence-corrected chi connectivity index (χ0v) is 17.5. The molecule has 4 nitrogen and oxygen atoms in total. The van der Waals surface area contributed by atoms with Crippen LogP contribution in [0.1, 0.15) is 5.56 Å². The highest BCUT2D eigenvalue weighted by atomic mass is 35.5. The van der Waals surface area contributed by atoms with Gasteiger partial charge in [-0.1, -0.05) is 70.9 Å². The molecule has 0 spiro atoms. The minimum Gasteiger partial charge on any atom is -0.484 e. The summed E-state index contributed by atoms with van der Waals surface area (Å²) < 4.78 is 6.59. The average molecular weight is 443 g/mol. The van der Waals surface area contributed by atoms with Crippen LogP contribution in [0.2, 0.25) is 10.0 Å². The Hall–Kier alpha value is -2.60. The van der Waals surface area contributed by atoms with E-state index in [0.29, 0.717) is 33.0 Å². The average Bonchev–Trinajstić information content (AvgIpc) is 3.17. The van der Waals surface area contributed by atoms with Gasteiger partial charge in [0.1, 0.15) is 11.3 Å². The number of carbonyl (C=O) groups excluding carboxylic acids is 1. The number of hydrogen-bond donors (Lipinski definition) is 0. The molecule has 0 aliphatic carbocycles. The molecule has 0 saturated carbocycles. The van der Waals surface area contributed by atoms with E-state index in [0.717, 1.165) is 10.3 Å². The molecular formula is C22H16Cl2N2O2S. The number of aromatic nitrogens is 1. The maximum Gasteiger partial charge on any atom is 0.267 e. The van der Waals surface area contributed by atoms with Gasteiger partial charge in [0.25, 0.3) is 5.91 Å². The van der Waals surface area contributed by atoms with Crippen LogP contribution >= 0.6 is 34.5 Å². The number of ether oxygens (including phenoxy) is 1. The third kappa shape index (κ3) is 4.70. The number of fused-ring (bicyclic) bond motifs is 1. The Balaban J connectivity index is 1.60. The smallest absolute Gasteiger partial charge is 0.267 e. The second-order valence-corrected chi connectivity index (χ2v) is 8.14. The lowest BCUT2D eigenvalue weighted by Gasteiger charge is -2.20. The highest BCUT2D eigenvalue weighted by molar-refractivity contribution is 7.22. The summed E-state index contributed by atoms with van der Waals surface area (Å²) in [6.07, 6.45) is 0. The number of para-hydroxylation sites is 1. The fraction of sp³-hybridized carbons (Fsp3) is 0.0909. The quantitative estimate of drug-likeness (QED) is 0.356.